The van der Waals surface area contributed by atoms with Gasteiger partial charge in [0.15, 0.2) is 11.6 Å². The van der Waals surface area contributed by atoms with Gasteiger partial charge in [0.2, 0.25) is 5.91 Å². The maximum Gasteiger partial charge on any atom is 0.416 e. The minimum absolute atomic E-state index is 0.107. The standard InChI is InChI=1S/C19H15F5N2O2/c20-15-7-6-12(9-16(15)21)18(28)26(11-25-8-2-5-17(25)27)14-4-1-3-13(10-14)19(22,23)24/h1,3-4,6-7,9-10H,2,5,8,11H2. The molecule has 0 saturated carbocycles. The zero-order chi connectivity index (χ0) is 20.5. The normalized spacial score (nSPS) is 14.5. The highest BCUT2D eigenvalue weighted by molar-refractivity contribution is 6.06. The molecule has 2 aromatic carbocycles. The van der Waals surface area contributed by atoms with E-state index in [4.69, 9.17) is 0 Å². The van der Waals surface area contributed by atoms with Crippen molar-refractivity contribution in [3.05, 3.63) is 65.2 Å². The fraction of sp³-hybridized carbons (Fsp3) is 0.263. The van der Waals surface area contributed by atoms with Crippen LogP contribution in [0.25, 0.3) is 0 Å². The highest BCUT2D eigenvalue weighted by Gasteiger charge is 2.32. The Hall–Kier alpha value is -2.97. The Kier molecular flexibility index (Phi) is 5.35. The Morgan fingerprint density at radius 1 is 1.07 bits per heavy atom. The van der Waals surface area contributed by atoms with Gasteiger partial charge < -0.3 is 4.90 Å². The number of amides is 2. The molecule has 1 aliphatic heterocycles. The smallest absolute Gasteiger partial charge is 0.324 e. The summed E-state index contributed by atoms with van der Waals surface area (Å²) in [6.07, 6.45) is -3.79. The maximum absolute atomic E-state index is 13.5. The van der Waals surface area contributed by atoms with Crippen LogP contribution in [0.5, 0.6) is 0 Å². The molecule has 0 aromatic heterocycles. The number of halogens is 5. The first-order chi connectivity index (χ1) is 13.2. The average molecular weight is 398 g/mol. The van der Waals surface area contributed by atoms with Gasteiger partial charge in [-0.25, -0.2) is 8.78 Å². The van der Waals surface area contributed by atoms with E-state index in [0.29, 0.717) is 19.0 Å². The van der Waals surface area contributed by atoms with Crippen molar-refractivity contribution in [2.45, 2.75) is 19.0 Å². The van der Waals surface area contributed by atoms with E-state index in [9.17, 15) is 31.5 Å². The molecule has 1 saturated heterocycles. The van der Waals surface area contributed by atoms with Crippen molar-refractivity contribution in [2.24, 2.45) is 0 Å². The third-order valence-corrected chi connectivity index (χ3v) is 4.38. The molecule has 0 bridgehead atoms. The van der Waals surface area contributed by atoms with Gasteiger partial charge in [-0.15, -0.1) is 0 Å². The number of likely N-dealkylation sites (tertiary alicyclic amines) is 1. The number of carbonyl (C=O) groups is 2. The summed E-state index contributed by atoms with van der Waals surface area (Å²) < 4.78 is 65.9. The van der Waals surface area contributed by atoms with E-state index in [1.807, 2.05) is 0 Å². The summed E-state index contributed by atoms with van der Waals surface area (Å²) in [5.41, 5.74) is -1.33. The molecule has 28 heavy (non-hydrogen) atoms. The first-order valence-electron chi connectivity index (χ1n) is 8.39. The van der Waals surface area contributed by atoms with E-state index in [2.05, 4.69) is 0 Å². The number of hydrogen-bond donors (Lipinski definition) is 0. The Morgan fingerprint density at radius 2 is 1.82 bits per heavy atom. The lowest BCUT2D eigenvalue weighted by atomic mass is 10.1. The van der Waals surface area contributed by atoms with Crippen molar-refractivity contribution in [3.63, 3.8) is 0 Å². The van der Waals surface area contributed by atoms with Gasteiger partial charge in [-0.2, -0.15) is 13.2 Å². The van der Waals surface area contributed by atoms with Gasteiger partial charge >= 0.3 is 6.18 Å². The average Bonchev–Trinajstić information content (AvgIpc) is 3.05. The van der Waals surface area contributed by atoms with Crippen molar-refractivity contribution in [1.29, 1.82) is 0 Å². The molecule has 1 fully saturated rings. The number of anilines is 1. The second kappa shape index (κ2) is 7.57. The van der Waals surface area contributed by atoms with E-state index in [-0.39, 0.29) is 30.2 Å². The van der Waals surface area contributed by atoms with Crippen LogP contribution in [-0.2, 0) is 11.0 Å². The summed E-state index contributed by atoms with van der Waals surface area (Å²) >= 11 is 0. The maximum atomic E-state index is 13.5. The van der Waals surface area contributed by atoms with Crippen LogP contribution in [0.4, 0.5) is 27.6 Å². The molecule has 2 amide bonds. The number of carbonyl (C=O) groups excluding carboxylic acids is 2. The predicted octanol–water partition coefficient (Wildman–Crippen LogP) is 4.21. The minimum Gasteiger partial charge on any atom is -0.324 e. The molecule has 0 radical (unpaired) electrons. The molecule has 0 unspecified atom stereocenters. The lowest BCUT2D eigenvalue weighted by Gasteiger charge is -2.28. The van der Waals surface area contributed by atoms with Crippen molar-refractivity contribution in [1.82, 2.24) is 4.90 Å². The molecule has 0 spiro atoms. The van der Waals surface area contributed by atoms with Crippen LogP contribution in [0.15, 0.2) is 42.5 Å². The molecule has 3 rings (SSSR count). The minimum atomic E-state index is -4.63. The molecule has 1 heterocycles. The predicted molar refractivity (Wildman–Crippen MR) is 90.4 cm³/mol. The summed E-state index contributed by atoms with van der Waals surface area (Å²) in [6.45, 7) is 0.0529. The third kappa shape index (κ3) is 4.13. The van der Waals surface area contributed by atoms with E-state index >= 15 is 0 Å². The van der Waals surface area contributed by atoms with Crippen molar-refractivity contribution in [3.8, 4) is 0 Å². The number of nitrogens with zero attached hydrogens (tertiary/aromatic N) is 2. The summed E-state index contributed by atoms with van der Waals surface area (Å²) in [5.74, 6) is -3.50. The van der Waals surface area contributed by atoms with Crippen molar-refractivity contribution in [2.75, 3.05) is 18.1 Å². The quantitative estimate of drug-likeness (QED) is 0.724. The fourth-order valence-corrected chi connectivity index (χ4v) is 2.92. The fourth-order valence-electron chi connectivity index (χ4n) is 2.92. The van der Waals surface area contributed by atoms with Gasteiger partial charge in [-0.3, -0.25) is 14.5 Å². The number of rotatable bonds is 4. The lowest BCUT2D eigenvalue weighted by molar-refractivity contribution is -0.137. The van der Waals surface area contributed by atoms with Crippen LogP contribution < -0.4 is 4.90 Å². The Labute approximate surface area is 157 Å². The summed E-state index contributed by atoms with van der Waals surface area (Å²) in [5, 5.41) is 0. The lowest BCUT2D eigenvalue weighted by Crippen LogP contribution is -2.42. The molecule has 0 N–H and O–H groups in total. The molecule has 148 valence electrons. The molecular weight excluding hydrogens is 383 g/mol. The van der Waals surface area contributed by atoms with Gasteiger partial charge in [0.05, 0.1) is 5.56 Å². The highest BCUT2D eigenvalue weighted by Crippen LogP contribution is 2.32. The van der Waals surface area contributed by atoms with Gasteiger partial charge in [-0.1, -0.05) is 6.07 Å². The molecule has 9 heteroatoms. The Morgan fingerprint density at radius 3 is 2.43 bits per heavy atom. The molecule has 4 nitrogen and oxygen atoms in total. The second-order valence-electron chi connectivity index (χ2n) is 6.31. The molecule has 0 aliphatic carbocycles. The largest absolute Gasteiger partial charge is 0.416 e. The monoisotopic (exact) mass is 398 g/mol. The Balaban J connectivity index is 2.00. The van der Waals surface area contributed by atoms with E-state index in [1.54, 1.807) is 0 Å². The first kappa shape index (κ1) is 19.8. The van der Waals surface area contributed by atoms with Crippen molar-refractivity contribution >= 4 is 17.5 Å². The molecule has 1 aliphatic rings. The van der Waals surface area contributed by atoms with Gasteiger partial charge in [0.25, 0.3) is 5.91 Å². The van der Waals surface area contributed by atoms with Crippen LogP contribution >= 0.6 is 0 Å². The zero-order valence-electron chi connectivity index (χ0n) is 14.5. The van der Waals surface area contributed by atoms with Crippen LogP contribution in [0, 0.1) is 11.6 Å². The van der Waals surface area contributed by atoms with E-state index in [1.165, 1.54) is 11.0 Å². The van der Waals surface area contributed by atoms with Crippen LogP contribution in [0.1, 0.15) is 28.8 Å². The number of alkyl halides is 3. The van der Waals surface area contributed by atoms with E-state index in [0.717, 1.165) is 35.2 Å². The third-order valence-electron chi connectivity index (χ3n) is 4.38. The highest BCUT2D eigenvalue weighted by atomic mass is 19.4. The summed E-state index contributed by atoms with van der Waals surface area (Å²) in [4.78, 5) is 27.1. The SMILES string of the molecule is O=C1CCCN1CN(C(=O)c1ccc(F)c(F)c1)c1cccc(C(F)(F)F)c1. The molecular formula is C19H15F5N2O2. The topological polar surface area (TPSA) is 40.6 Å². The van der Waals surface area contributed by atoms with Crippen LogP contribution in [0.2, 0.25) is 0 Å². The first-order valence-corrected chi connectivity index (χ1v) is 8.39. The van der Waals surface area contributed by atoms with Gasteiger partial charge in [0, 0.05) is 24.2 Å². The number of hydrogen-bond acceptors (Lipinski definition) is 2. The second-order valence-corrected chi connectivity index (χ2v) is 6.31. The summed E-state index contributed by atoms with van der Waals surface area (Å²) in [6, 6.07) is 6.51. The molecule has 0 atom stereocenters. The zero-order valence-corrected chi connectivity index (χ0v) is 14.5. The summed E-state index contributed by atoms with van der Waals surface area (Å²) in [7, 11) is 0. The Bertz CT molecular complexity index is 913. The van der Waals surface area contributed by atoms with Crippen LogP contribution in [-0.4, -0.2) is 29.9 Å². The van der Waals surface area contributed by atoms with Crippen LogP contribution in [0.3, 0.4) is 0 Å². The van der Waals surface area contributed by atoms with Gasteiger partial charge in [0.1, 0.15) is 6.67 Å². The van der Waals surface area contributed by atoms with Gasteiger partial charge in [-0.05, 0) is 42.8 Å². The number of benzene rings is 2. The van der Waals surface area contributed by atoms with Crippen molar-refractivity contribution < 1.29 is 31.5 Å². The van der Waals surface area contributed by atoms with E-state index < -0.39 is 29.3 Å². The molecule has 2 aromatic rings.